The number of nitrogens with one attached hydrogen (secondary N) is 1. The molecular formula is C9H6N4. The molecule has 62 valence electrons. The highest BCUT2D eigenvalue weighted by Crippen LogP contribution is 2.12. The molecule has 0 aliphatic rings. The average Bonchev–Trinajstić information content (AvgIpc) is 2.67. The summed E-state index contributed by atoms with van der Waals surface area (Å²) < 4.78 is 0. The van der Waals surface area contributed by atoms with E-state index in [1.54, 1.807) is 0 Å². The quantitative estimate of drug-likeness (QED) is 0.702. The summed E-state index contributed by atoms with van der Waals surface area (Å²) in [4.78, 5) is 3.97. The fourth-order valence-electron chi connectivity index (χ4n) is 1.04. The van der Waals surface area contributed by atoms with E-state index in [-0.39, 0.29) is 5.82 Å². The SMILES string of the molecule is N#Cc1n[nH]c(-c2ccccc2)n1. The van der Waals surface area contributed by atoms with Gasteiger partial charge in [-0.1, -0.05) is 30.3 Å². The summed E-state index contributed by atoms with van der Waals surface area (Å²) in [6, 6.07) is 11.4. The van der Waals surface area contributed by atoms with Gasteiger partial charge < -0.3 is 0 Å². The van der Waals surface area contributed by atoms with E-state index in [0.717, 1.165) is 5.56 Å². The molecule has 0 saturated heterocycles. The van der Waals surface area contributed by atoms with Gasteiger partial charge in [-0.3, -0.25) is 5.10 Å². The third-order valence-corrected chi connectivity index (χ3v) is 1.63. The highest BCUT2D eigenvalue weighted by molar-refractivity contribution is 5.54. The average molecular weight is 170 g/mol. The molecule has 0 radical (unpaired) electrons. The molecule has 0 fully saturated rings. The van der Waals surface area contributed by atoms with Crippen LogP contribution >= 0.6 is 0 Å². The van der Waals surface area contributed by atoms with Crippen molar-refractivity contribution in [1.82, 2.24) is 15.2 Å². The van der Waals surface area contributed by atoms with Crippen LogP contribution in [-0.4, -0.2) is 15.2 Å². The maximum absolute atomic E-state index is 8.50. The Balaban J connectivity index is 2.43. The Labute approximate surface area is 74.9 Å². The standard InChI is InChI=1S/C9H6N4/c10-6-8-11-9(13-12-8)7-4-2-1-3-5-7/h1-5H,(H,11,12,13). The molecule has 4 nitrogen and oxygen atoms in total. The first-order chi connectivity index (χ1) is 6.40. The van der Waals surface area contributed by atoms with Gasteiger partial charge >= 0.3 is 0 Å². The molecule has 0 atom stereocenters. The lowest BCUT2D eigenvalue weighted by Gasteiger charge is -1.91. The zero-order valence-corrected chi connectivity index (χ0v) is 6.73. The lowest BCUT2D eigenvalue weighted by atomic mass is 10.2. The first kappa shape index (κ1) is 7.50. The first-order valence-corrected chi connectivity index (χ1v) is 3.78. The van der Waals surface area contributed by atoms with Gasteiger partial charge in [0.2, 0.25) is 0 Å². The van der Waals surface area contributed by atoms with Crippen molar-refractivity contribution in [3.05, 3.63) is 36.2 Å². The zero-order chi connectivity index (χ0) is 9.10. The normalized spacial score (nSPS) is 9.46. The van der Waals surface area contributed by atoms with Crippen LogP contribution in [0.2, 0.25) is 0 Å². The van der Waals surface area contributed by atoms with Crippen LogP contribution in [-0.2, 0) is 0 Å². The molecule has 2 aromatic rings. The molecule has 0 bridgehead atoms. The minimum Gasteiger partial charge on any atom is -0.258 e. The van der Waals surface area contributed by atoms with Crippen molar-refractivity contribution in [3.8, 4) is 17.5 Å². The van der Waals surface area contributed by atoms with Crippen molar-refractivity contribution >= 4 is 0 Å². The number of H-pyrrole nitrogens is 1. The van der Waals surface area contributed by atoms with Crippen molar-refractivity contribution in [2.24, 2.45) is 0 Å². The number of rotatable bonds is 1. The summed E-state index contributed by atoms with van der Waals surface area (Å²) in [6.07, 6.45) is 0. The van der Waals surface area contributed by atoms with E-state index in [1.165, 1.54) is 0 Å². The molecule has 1 aromatic carbocycles. The van der Waals surface area contributed by atoms with Crippen molar-refractivity contribution < 1.29 is 0 Å². The Bertz CT molecular complexity index is 438. The molecule has 0 aliphatic heterocycles. The van der Waals surface area contributed by atoms with Crippen LogP contribution in [0.5, 0.6) is 0 Å². The molecule has 0 amide bonds. The smallest absolute Gasteiger partial charge is 0.252 e. The van der Waals surface area contributed by atoms with Crippen molar-refractivity contribution in [2.45, 2.75) is 0 Å². The summed E-state index contributed by atoms with van der Waals surface area (Å²) in [5.41, 5.74) is 0.927. The molecule has 0 unspecified atom stereocenters. The number of aromatic amines is 1. The van der Waals surface area contributed by atoms with Gasteiger partial charge in [-0.2, -0.15) is 10.2 Å². The van der Waals surface area contributed by atoms with Crippen LogP contribution in [0.3, 0.4) is 0 Å². The largest absolute Gasteiger partial charge is 0.258 e. The molecular weight excluding hydrogens is 164 g/mol. The van der Waals surface area contributed by atoms with E-state index < -0.39 is 0 Å². The molecule has 1 aromatic heterocycles. The van der Waals surface area contributed by atoms with E-state index in [0.29, 0.717) is 5.82 Å². The minimum atomic E-state index is 0.166. The van der Waals surface area contributed by atoms with Crippen LogP contribution in [0.15, 0.2) is 30.3 Å². The molecule has 0 spiro atoms. The fourth-order valence-corrected chi connectivity index (χ4v) is 1.04. The summed E-state index contributed by atoms with van der Waals surface area (Å²) in [6.45, 7) is 0. The number of hydrogen-bond acceptors (Lipinski definition) is 3. The Morgan fingerprint density at radius 2 is 2.00 bits per heavy atom. The Morgan fingerprint density at radius 3 is 2.62 bits per heavy atom. The van der Waals surface area contributed by atoms with Gasteiger partial charge in [-0.25, -0.2) is 0 Å². The lowest BCUT2D eigenvalue weighted by Crippen LogP contribution is -1.78. The molecule has 2 rings (SSSR count). The van der Waals surface area contributed by atoms with Crippen LogP contribution < -0.4 is 0 Å². The van der Waals surface area contributed by atoms with Gasteiger partial charge in [-0.15, -0.1) is 5.10 Å². The highest BCUT2D eigenvalue weighted by atomic mass is 15.2. The number of aromatic nitrogens is 3. The topological polar surface area (TPSA) is 65.4 Å². The van der Waals surface area contributed by atoms with Gasteiger partial charge in [0, 0.05) is 5.56 Å². The summed E-state index contributed by atoms with van der Waals surface area (Å²) in [5, 5.41) is 14.9. The Hall–Kier alpha value is -2.15. The predicted molar refractivity (Wildman–Crippen MR) is 46.5 cm³/mol. The van der Waals surface area contributed by atoms with E-state index in [4.69, 9.17) is 5.26 Å². The maximum Gasteiger partial charge on any atom is 0.252 e. The first-order valence-electron chi connectivity index (χ1n) is 3.78. The van der Waals surface area contributed by atoms with E-state index in [2.05, 4.69) is 15.2 Å². The highest BCUT2D eigenvalue weighted by Gasteiger charge is 2.02. The molecule has 4 heteroatoms. The summed E-state index contributed by atoms with van der Waals surface area (Å²) in [5.74, 6) is 0.788. The van der Waals surface area contributed by atoms with E-state index in [1.807, 2.05) is 36.4 Å². The van der Waals surface area contributed by atoms with Crippen molar-refractivity contribution in [2.75, 3.05) is 0 Å². The Morgan fingerprint density at radius 1 is 1.23 bits per heavy atom. The molecule has 1 heterocycles. The zero-order valence-electron chi connectivity index (χ0n) is 6.73. The molecule has 1 N–H and O–H groups in total. The van der Waals surface area contributed by atoms with Crippen LogP contribution in [0.25, 0.3) is 11.4 Å². The molecule has 0 saturated carbocycles. The van der Waals surface area contributed by atoms with Crippen LogP contribution in [0, 0.1) is 11.3 Å². The van der Waals surface area contributed by atoms with Gasteiger partial charge in [0.25, 0.3) is 5.82 Å². The van der Waals surface area contributed by atoms with Crippen LogP contribution in [0.1, 0.15) is 5.82 Å². The van der Waals surface area contributed by atoms with E-state index in [9.17, 15) is 0 Å². The van der Waals surface area contributed by atoms with Crippen molar-refractivity contribution in [1.29, 1.82) is 5.26 Å². The summed E-state index contributed by atoms with van der Waals surface area (Å²) >= 11 is 0. The second kappa shape index (κ2) is 3.07. The number of nitriles is 1. The van der Waals surface area contributed by atoms with Gasteiger partial charge in [0.15, 0.2) is 5.82 Å². The second-order valence-electron chi connectivity index (χ2n) is 2.49. The van der Waals surface area contributed by atoms with Gasteiger partial charge in [-0.05, 0) is 0 Å². The Kier molecular flexibility index (Phi) is 1.77. The van der Waals surface area contributed by atoms with Crippen molar-refractivity contribution in [3.63, 3.8) is 0 Å². The third-order valence-electron chi connectivity index (χ3n) is 1.63. The summed E-state index contributed by atoms with van der Waals surface area (Å²) in [7, 11) is 0. The fraction of sp³-hybridized carbons (Fsp3) is 0. The van der Waals surface area contributed by atoms with E-state index >= 15 is 0 Å². The maximum atomic E-state index is 8.50. The van der Waals surface area contributed by atoms with Crippen LogP contribution in [0.4, 0.5) is 0 Å². The second-order valence-corrected chi connectivity index (χ2v) is 2.49. The minimum absolute atomic E-state index is 0.166. The number of benzene rings is 1. The number of nitrogens with zero attached hydrogens (tertiary/aromatic N) is 3. The molecule has 0 aliphatic carbocycles. The monoisotopic (exact) mass is 170 g/mol. The molecule has 13 heavy (non-hydrogen) atoms. The van der Waals surface area contributed by atoms with Gasteiger partial charge in [0.1, 0.15) is 6.07 Å². The number of hydrogen-bond donors (Lipinski definition) is 1. The van der Waals surface area contributed by atoms with Gasteiger partial charge in [0.05, 0.1) is 0 Å². The lowest BCUT2D eigenvalue weighted by molar-refractivity contribution is 1.07. The third kappa shape index (κ3) is 1.40. The predicted octanol–water partition coefficient (Wildman–Crippen LogP) is 1.34.